The van der Waals surface area contributed by atoms with Gasteiger partial charge in [0.15, 0.2) is 16.8 Å². The Hall–Kier alpha value is -1.69. The van der Waals surface area contributed by atoms with E-state index in [1.165, 1.54) is 55.1 Å². The van der Waals surface area contributed by atoms with Gasteiger partial charge in [0.05, 0.1) is 71.3 Å². The van der Waals surface area contributed by atoms with Crippen LogP contribution in [-0.4, -0.2) is 62.6 Å². The number of fused-ring (bicyclic) bond motifs is 2. The number of nitrogens with one attached hydrogen (secondary N) is 2. The number of rotatable bonds is 17. The predicted octanol–water partition coefficient (Wildman–Crippen LogP) is -2.02. The molecule has 0 radical (unpaired) electrons. The van der Waals surface area contributed by atoms with Crippen molar-refractivity contribution in [2.45, 2.75) is 89.3 Å². The molecule has 4 aromatic heterocycles. The van der Waals surface area contributed by atoms with Crippen LogP contribution < -0.4 is 231 Å². The van der Waals surface area contributed by atoms with Crippen LogP contribution in [-0.2, 0) is 35.0 Å². The molecule has 9 aromatic rings. The number of benzene rings is 5. The predicted molar refractivity (Wildman–Crippen MR) is 302 cm³/mol. The number of pyridine rings is 1. The summed E-state index contributed by atoms with van der Waals surface area (Å²) in [4.78, 5) is 44.1. The van der Waals surface area contributed by atoms with Gasteiger partial charge in [0.1, 0.15) is 43.4 Å². The second-order valence-electron chi connectivity index (χ2n) is 19.8. The molecule has 4 heterocycles. The molecule has 86 heavy (non-hydrogen) atoms. The van der Waals surface area contributed by atoms with Gasteiger partial charge in [-0.05, 0) is 153 Å². The molecule has 0 unspecified atom stereocenters. The summed E-state index contributed by atoms with van der Waals surface area (Å²) in [5.74, 6) is -3.16. The van der Waals surface area contributed by atoms with E-state index in [9.17, 15) is 51.0 Å². The smallest absolute Gasteiger partial charge is 0.744 e. The molecule has 2 N–H and O–H groups in total. The summed E-state index contributed by atoms with van der Waals surface area (Å²) in [7, 11) is -10.0. The van der Waals surface area contributed by atoms with Gasteiger partial charge >= 0.3 is 206 Å². The average molecular weight is 1360 g/mol. The number of hydrogen-bond acceptors (Lipinski definition) is 25. The first-order valence-corrected chi connectivity index (χ1v) is 29.5. The summed E-state index contributed by atoms with van der Waals surface area (Å²) in [5.41, 5.74) is 4.89. The van der Waals surface area contributed by atoms with E-state index < -0.39 is 58.5 Å². The Balaban J connectivity index is 0.00000337. The van der Waals surface area contributed by atoms with Gasteiger partial charge in [-0.1, -0.05) is 67.7 Å². The molecule has 0 fully saturated rings. The topological polar surface area (TPSA) is 345 Å². The Morgan fingerprint density at radius 1 is 0.721 bits per heavy atom. The van der Waals surface area contributed by atoms with Crippen LogP contribution in [0.4, 0.5) is 45.3 Å². The number of carbonyl (C=O) groups excluding carboxylic acids is 2. The Morgan fingerprint density at radius 2 is 1.33 bits per heavy atom. The van der Waals surface area contributed by atoms with E-state index in [1.807, 2.05) is 45.0 Å². The minimum Gasteiger partial charge on any atom is -0.744 e. The third-order valence-corrected chi connectivity index (χ3v) is 17.6. The maximum atomic E-state index is 12.9. The second-order valence-corrected chi connectivity index (χ2v) is 25.3. The van der Waals surface area contributed by atoms with Gasteiger partial charge in [0.2, 0.25) is 5.13 Å². The van der Waals surface area contributed by atoms with Crippen LogP contribution in [0.5, 0.6) is 0 Å². The molecule has 9 rings (SSSR count). The fourth-order valence-electron chi connectivity index (χ4n) is 9.43. The fraction of sp³-hybridized carbons (Fsp3) is 0.204. The number of carboxylic acids is 2. The van der Waals surface area contributed by atoms with Crippen molar-refractivity contribution in [3.63, 3.8) is 0 Å². The van der Waals surface area contributed by atoms with Crippen molar-refractivity contribution in [2.24, 2.45) is 10.2 Å². The Bertz CT molecular complexity index is 4410. The van der Waals surface area contributed by atoms with Crippen LogP contribution in [0.1, 0.15) is 91.7 Å². The van der Waals surface area contributed by atoms with Crippen molar-refractivity contribution in [3.05, 3.63) is 140 Å². The van der Waals surface area contributed by atoms with Gasteiger partial charge in [-0.25, -0.2) is 37.3 Å². The van der Waals surface area contributed by atoms with Gasteiger partial charge < -0.3 is 34.2 Å². The van der Waals surface area contributed by atoms with Crippen LogP contribution in [0.2, 0.25) is 0 Å². The fourth-order valence-corrected chi connectivity index (χ4v) is 13.7. The largest absolute Gasteiger partial charge is 1.00 e. The maximum absolute atomic E-state index is 12.9. The number of carbonyl (C=O) groups is 2. The van der Waals surface area contributed by atoms with Crippen molar-refractivity contribution in [1.29, 1.82) is 5.26 Å². The number of azo groups is 1. The van der Waals surface area contributed by atoms with E-state index in [-0.39, 0.29) is 273 Å². The number of nitriles is 1. The van der Waals surface area contributed by atoms with Crippen LogP contribution in [0.25, 0.3) is 25.6 Å². The van der Waals surface area contributed by atoms with E-state index in [0.29, 0.717) is 53.8 Å². The maximum Gasteiger partial charge on any atom is 1.00 e. The van der Waals surface area contributed by atoms with E-state index in [2.05, 4.69) is 16.9 Å². The number of carboxylic acid groups (broad SMARTS) is 2. The van der Waals surface area contributed by atoms with Crippen molar-refractivity contribution in [1.82, 2.24) is 24.7 Å². The van der Waals surface area contributed by atoms with E-state index >= 15 is 0 Å². The average Bonchev–Trinajstić information content (AvgIpc) is 3.60. The molecule has 5 aromatic carbocycles. The van der Waals surface area contributed by atoms with Crippen molar-refractivity contribution < 1.29 is 261 Å². The van der Waals surface area contributed by atoms with E-state index in [4.69, 9.17) is 39.6 Å². The quantitative estimate of drug-likeness (QED) is 0.0189. The first kappa shape index (κ1) is 75.0. The molecule has 0 saturated heterocycles. The minimum atomic E-state index is -5.02. The van der Waals surface area contributed by atoms with Crippen LogP contribution >= 0.6 is 34.7 Å². The number of nitrogens with zero attached hydrogens (tertiary/aromatic N) is 9. The summed E-state index contributed by atoms with van der Waals surface area (Å²) >= 11 is 3.20. The first-order valence-electron chi connectivity index (χ1n) is 24.3. The molecule has 0 spiro atoms. The third-order valence-electron chi connectivity index (χ3n) is 12.8. The molecular formula is C54H45K4N11O12S5. The molecule has 0 aliphatic carbocycles. The van der Waals surface area contributed by atoms with Gasteiger partial charge in [0, 0.05) is 16.0 Å². The Labute approximate surface area is 677 Å². The zero-order valence-electron chi connectivity index (χ0n) is 49.0. The van der Waals surface area contributed by atoms with Crippen LogP contribution in [0.3, 0.4) is 0 Å². The van der Waals surface area contributed by atoms with E-state index in [0.717, 1.165) is 34.9 Å². The Kier molecular flexibility index (Phi) is 26.5. The van der Waals surface area contributed by atoms with Gasteiger partial charge in [-0.2, -0.15) is 15.0 Å². The second kappa shape index (κ2) is 30.4. The number of thiazole rings is 2. The molecule has 32 heteroatoms. The molecular weight excluding hydrogens is 1310 g/mol. The normalized spacial score (nSPS) is 11.6. The van der Waals surface area contributed by atoms with Crippen LogP contribution in [0, 0.1) is 59.8 Å². The van der Waals surface area contributed by atoms with E-state index in [1.54, 1.807) is 62.1 Å². The minimum absolute atomic E-state index is 0. The number of aromatic carboxylic acids is 2. The Morgan fingerprint density at radius 3 is 1.92 bits per heavy atom. The zero-order chi connectivity index (χ0) is 59.5. The molecule has 23 nitrogen and oxygen atoms in total. The molecule has 0 bridgehead atoms. The number of anilines is 6. The summed E-state index contributed by atoms with van der Waals surface area (Å²) in [6.07, 6.45) is 0. The van der Waals surface area contributed by atoms with Crippen molar-refractivity contribution in [3.8, 4) is 11.2 Å². The molecule has 0 aliphatic heterocycles. The summed E-state index contributed by atoms with van der Waals surface area (Å²) < 4.78 is 85.2. The van der Waals surface area contributed by atoms with Gasteiger partial charge in [-0.15, -0.1) is 19.6 Å². The monoisotopic (exact) mass is 1360 g/mol. The molecule has 0 aliphatic rings. The number of para-hydroxylation sites is 1. The summed E-state index contributed by atoms with van der Waals surface area (Å²) in [5, 5.41) is 52.0. The molecule has 0 saturated carbocycles. The number of hydrogen-bond donors (Lipinski definition) is 2. The summed E-state index contributed by atoms with van der Waals surface area (Å²) in [6.45, 7) is 16.8. The van der Waals surface area contributed by atoms with Crippen molar-refractivity contribution >= 4 is 133 Å². The zero-order valence-corrected chi connectivity index (χ0v) is 65.5. The SMILES string of the molecule is Cc1cc(N(c2nc3ccccc3s2)c2c(C)cc(C)c(S(=O)(=O)[O-])c2C)nc(Nc2c(C)cc(C)c(S(=O)(=O)[O-])c2C)c1N=Nc1c(C#N)c(C(C)(C)C)nn1-c1nc2ccc(SOONc3cc(C(=O)[O-])cc(C(=O)[O-])c3)cc2s1.[K+].[K+].[K+].[K+]. The third kappa shape index (κ3) is 16.4. The molecule has 422 valence electrons. The van der Waals surface area contributed by atoms with Crippen LogP contribution in [0.15, 0.2) is 104 Å². The molecule has 0 atom stereocenters. The number of aryl methyl sites for hydroxylation is 5. The first-order chi connectivity index (χ1) is 38.5. The van der Waals surface area contributed by atoms with Gasteiger partial charge in [-0.3, -0.25) is 4.90 Å². The van der Waals surface area contributed by atoms with Crippen molar-refractivity contribution in [2.75, 3.05) is 15.7 Å². The molecule has 0 amide bonds. The number of aromatic nitrogens is 5. The van der Waals surface area contributed by atoms with Gasteiger partial charge in [0.25, 0.3) is 0 Å². The standard InChI is InChI=1S/C54H49N11O12S5.4K/c1-25-17-28(4)45(81(70,71)72)30(6)42(25)59-48-43(26(2)19-41(58-48)64(52-56-37-13-11-12-14-39(37)78-52)44-27(3)18-29(5)46(31(44)7)82(73,74)75)60-61-49-36(24-55)47(54(8,9)10)62-65(49)53-57-38-16-15-35(23-40(38)79-53)80-77-76-63-34-21-32(50(66)67)20-33(22-34)51(68)69;;;;/h11-23,63H,1-10H3,(H,58,59)(H,66,67)(H,68,69)(H,70,71,72)(H,73,74,75);;;;/q;4*+1/p-4. The summed E-state index contributed by atoms with van der Waals surface area (Å²) in [6, 6.07) is 22.5.